The molecular formula is C9H21NO2. The lowest BCUT2D eigenvalue weighted by atomic mass is 10.2. The van der Waals surface area contributed by atoms with Crippen molar-refractivity contribution in [1.29, 1.82) is 0 Å². The zero-order valence-electron chi connectivity index (χ0n) is 8.51. The first-order valence-corrected chi connectivity index (χ1v) is 4.80. The van der Waals surface area contributed by atoms with Crippen molar-refractivity contribution >= 4 is 0 Å². The van der Waals surface area contributed by atoms with Crippen molar-refractivity contribution in [3.8, 4) is 0 Å². The van der Waals surface area contributed by atoms with Crippen LogP contribution in [0.15, 0.2) is 0 Å². The molecule has 3 nitrogen and oxygen atoms in total. The van der Waals surface area contributed by atoms with Gasteiger partial charge in [0, 0.05) is 20.2 Å². The summed E-state index contributed by atoms with van der Waals surface area (Å²) in [5.74, 6) is 0. The van der Waals surface area contributed by atoms with Crippen molar-refractivity contribution in [2.24, 2.45) is 0 Å². The van der Waals surface area contributed by atoms with Crippen LogP contribution in [0.1, 0.15) is 33.1 Å². The molecular weight excluding hydrogens is 154 g/mol. The molecule has 1 heterocycles. The largest absolute Gasteiger partial charge is 0.357 e. The van der Waals surface area contributed by atoms with Gasteiger partial charge in [-0.3, -0.25) is 4.84 Å². The summed E-state index contributed by atoms with van der Waals surface area (Å²) in [5, 5.41) is 1.98. The Morgan fingerprint density at radius 2 is 1.67 bits per heavy atom. The van der Waals surface area contributed by atoms with Crippen molar-refractivity contribution in [3.05, 3.63) is 0 Å². The van der Waals surface area contributed by atoms with Gasteiger partial charge in [0.15, 0.2) is 6.79 Å². The summed E-state index contributed by atoms with van der Waals surface area (Å²) in [5.41, 5.74) is 0. The molecule has 1 saturated heterocycles. The quantitative estimate of drug-likeness (QED) is 0.613. The fraction of sp³-hybridized carbons (Fsp3) is 1.00. The van der Waals surface area contributed by atoms with Crippen LogP contribution in [0, 0.1) is 0 Å². The van der Waals surface area contributed by atoms with Crippen LogP contribution in [0.2, 0.25) is 0 Å². The average Bonchev–Trinajstić information content (AvgIpc) is 2.19. The first kappa shape index (κ1) is 11.9. The van der Waals surface area contributed by atoms with Crippen molar-refractivity contribution in [2.45, 2.75) is 33.1 Å². The molecule has 1 aliphatic rings. The molecule has 0 saturated carbocycles. The Bertz CT molecular complexity index is 82.6. The molecule has 0 N–H and O–H groups in total. The van der Waals surface area contributed by atoms with Gasteiger partial charge in [0.25, 0.3) is 0 Å². The molecule has 0 unspecified atom stereocenters. The first-order chi connectivity index (χ1) is 5.93. The number of hydrogen-bond acceptors (Lipinski definition) is 3. The SMILES string of the molecule is CC.COCON1CCCCC1. The maximum Gasteiger partial charge on any atom is 0.166 e. The third-order valence-electron chi connectivity index (χ3n) is 1.67. The maximum absolute atomic E-state index is 5.24. The van der Waals surface area contributed by atoms with E-state index in [0.29, 0.717) is 6.79 Å². The molecule has 1 aliphatic heterocycles. The molecule has 0 radical (unpaired) electrons. The Balaban J connectivity index is 0.000000561. The normalized spacial score (nSPS) is 18.2. The van der Waals surface area contributed by atoms with Crippen molar-refractivity contribution in [1.82, 2.24) is 5.06 Å². The highest BCUT2D eigenvalue weighted by atomic mass is 16.8. The van der Waals surface area contributed by atoms with E-state index < -0.39 is 0 Å². The Labute approximate surface area is 75.6 Å². The van der Waals surface area contributed by atoms with E-state index in [0.717, 1.165) is 13.1 Å². The van der Waals surface area contributed by atoms with Gasteiger partial charge in [0.2, 0.25) is 0 Å². The fourth-order valence-corrected chi connectivity index (χ4v) is 1.12. The Morgan fingerprint density at radius 1 is 1.08 bits per heavy atom. The summed E-state index contributed by atoms with van der Waals surface area (Å²) >= 11 is 0. The van der Waals surface area contributed by atoms with Gasteiger partial charge in [-0.1, -0.05) is 20.3 Å². The molecule has 3 heteroatoms. The van der Waals surface area contributed by atoms with Crippen LogP contribution in [0.25, 0.3) is 0 Å². The number of ether oxygens (including phenoxy) is 1. The monoisotopic (exact) mass is 175 g/mol. The van der Waals surface area contributed by atoms with Crippen LogP contribution in [0.5, 0.6) is 0 Å². The van der Waals surface area contributed by atoms with Crippen molar-refractivity contribution < 1.29 is 9.57 Å². The van der Waals surface area contributed by atoms with E-state index in [2.05, 4.69) is 0 Å². The number of hydroxylamine groups is 2. The molecule has 1 rings (SSSR count). The van der Waals surface area contributed by atoms with E-state index in [-0.39, 0.29) is 0 Å². The third-order valence-corrected chi connectivity index (χ3v) is 1.67. The second-order valence-electron chi connectivity index (χ2n) is 2.53. The number of hydrogen-bond donors (Lipinski definition) is 0. The molecule has 0 bridgehead atoms. The molecule has 0 aromatic rings. The maximum atomic E-state index is 5.24. The molecule has 0 spiro atoms. The number of nitrogens with zero attached hydrogens (tertiary/aromatic N) is 1. The zero-order valence-corrected chi connectivity index (χ0v) is 8.51. The van der Waals surface area contributed by atoms with E-state index >= 15 is 0 Å². The molecule has 0 aromatic heterocycles. The number of rotatable bonds is 3. The lowest BCUT2D eigenvalue weighted by molar-refractivity contribution is -0.223. The molecule has 0 atom stereocenters. The number of piperidine rings is 1. The number of methoxy groups -OCH3 is 1. The van der Waals surface area contributed by atoms with Crippen LogP contribution < -0.4 is 0 Å². The van der Waals surface area contributed by atoms with Gasteiger partial charge in [-0.05, 0) is 12.8 Å². The summed E-state index contributed by atoms with van der Waals surface area (Å²) < 4.78 is 4.78. The predicted molar refractivity (Wildman–Crippen MR) is 49.7 cm³/mol. The van der Waals surface area contributed by atoms with Gasteiger partial charge in [0.1, 0.15) is 0 Å². The lowest BCUT2D eigenvalue weighted by Crippen LogP contribution is -2.30. The van der Waals surface area contributed by atoms with Crippen LogP contribution in [-0.4, -0.2) is 32.1 Å². The van der Waals surface area contributed by atoms with Gasteiger partial charge in [-0.25, -0.2) is 0 Å². The summed E-state index contributed by atoms with van der Waals surface area (Å²) in [7, 11) is 1.64. The minimum Gasteiger partial charge on any atom is -0.357 e. The van der Waals surface area contributed by atoms with Gasteiger partial charge in [0.05, 0.1) is 0 Å². The van der Waals surface area contributed by atoms with E-state index in [1.54, 1.807) is 7.11 Å². The minimum absolute atomic E-state index is 0.389. The van der Waals surface area contributed by atoms with Crippen LogP contribution in [-0.2, 0) is 9.57 Å². The molecule has 0 amide bonds. The van der Waals surface area contributed by atoms with Gasteiger partial charge in [-0.2, -0.15) is 5.06 Å². The van der Waals surface area contributed by atoms with Crippen molar-refractivity contribution in [3.63, 3.8) is 0 Å². The van der Waals surface area contributed by atoms with Crippen LogP contribution in [0.4, 0.5) is 0 Å². The van der Waals surface area contributed by atoms with Gasteiger partial charge in [-0.15, -0.1) is 0 Å². The predicted octanol–water partition coefficient (Wildman–Crippen LogP) is 2.03. The molecule has 0 aliphatic carbocycles. The van der Waals surface area contributed by atoms with E-state index in [1.165, 1.54) is 19.3 Å². The third kappa shape index (κ3) is 5.52. The summed E-state index contributed by atoms with van der Waals surface area (Å²) in [6.07, 6.45) is 3.85. The van der Waals surface area contributed by atoms with E-state index in [1.807, 2.05) is 18.9 Å². The highest BCUT2D eigenvalue weighted by Gasteiger charge is 2.09. The summed E-state index contributed by atoms with van der Waals surface area (Å²) in [6, 6.07) is 0. The highest BCUT2D eigenvalue weighted by molar-refractivity contribution is 4.55. The minimum atomic E-state index is 0.389. The van der Waals surface area contributed by atoms with E-state index in [4.69, 9.17) is 9.57 Å². The van der Waals surface area contributed by atoms with Crippen molar-refractivity contribution in [2.75, 3.05) is 27.0 Å². The molecule has 12 heavy (non-hydrogen) atoms. The second-order valence-corrected chi connectivity index (χ2v) is 2.53. The Kier molecular flexibility index (Phi) is 8.88. The molecule has 74 valence electrons. The van der Waals surface area contributed by atoms with Crippen LogP contribution >= 0.6 is 0 Å². The van der Waals surface area contributed by atoms with Gasteiger partial charge < -0.3 is 4.74 Å². The molecule has 1 fully saturated rings. The second kappa shape index (κ2) is 8.97. The zero-order chi connectivity index (χ0) is 9.23. The highest BCUT2D eigenvalue weighted by Crippen LogP contribution is 2.08. The molecule has 0 aromatic carbocycles. The summed E-state index contributed by atoms with van der Waals surface area (Å²) in [4.78, 5) is 5.24. The topological polar surface area (TPSA) is 21.7 Å². The van der Waals surface area contributed by atoms with Gasteiger partial charge >= 0.3 is 0 Å². The fourth-order valence-electron chi connectivity index (χ4n) is 1.12. The smallest absolute Gasteiger partial charge is 0.166 e. The standard InChI is InChI=1S/C7H15NO2.C2H6/c1-9-7-10-8-5-3-2-4-6-8;1-2/h2-7H2,1H3;1-2H3. The lowest BCUT2D eigenvalue weighted by Gasteiger charge is -2.24. The van der Waals surface area contributed by atoms with E-state index in [9.17, 15) is 0 Å². The first-order valence-electron chi connectivity index (χ1n) is 4.80. The Hall–Kier alpha value is -0.120. The Morgan fingerprint density at radius 3 is 2.17 bits per heavy atom. The summed E-state index contributed by atoms with van der Waals surface area (Å²) in [6.45, 7) is 6.51. The average molecular weight is 175 g/mol. The van der Waals surface area contributed by atoms with Crippen LogP contribution in [0.3, 0.4) is 0 Å².